The average molecular weight is 319 g/mol. The Morgan fingerprint density at radius 3 is 2.63 bits per heavy atom. The molecule has 0 aromatic heterocycles. The fourth-order valence-electron chi connectivity index (χ4n) is 1.79. The molecule has 2 aromatic rings. The Hall–Kier alpha value is -1.81. The van der Waals surface area contributed by atoms with Crippen LogP contribution >= 0.6 is 15.9 Å². The number of nitrogens with one attached hydrogen (secondary N) is 1. The number of amides is 1. The molecular weight excluding hydrogens is 304 g/mol. The number of carbonyl (C=O) groups excluding carboxylic acids is 1. The van der Waals surface area contributed by atoms with Gasteiger partial charge in [-0.2, -0.15) is 0 Å². The number of hydrogen-bond donors (Lipinski definition) is 2. The maximum atomic E-state index is 12.2. The number of nitrogen functional groups attached to an aromatic ring is 1. The molecule has 3 nitrogen and oxygen atoms in total. The summed E-state index contributed by atoms with van der Waals surface area (Å²) in [6, 6.07) is 11.2. The SMILES string of the molecule is Cc1ccc(NC(=O)c2cccc(C)c2N)c(Br)c1. The molecule has 4 heteroatoms. The van der Waals surface area contributed by atoms with Gasteiger partial charge in [0.15, 0.2) is 0 Å². The van der Waals surface area contributed by atoms with Crippen LogP contribution < -0.4 is 11.1 Å². The van der Waals surface area contributed by atoms with Gasteiger partial charge in [-0.15, -0.1) is 0 Å². The summed E-state index contributed by atoms with van der Waals surface area (Å²) in [7, 11) is 0. The molecular formula is C15H15BrN2O. The summed E-state index contributed by atoms with van der Waals surface area (Å²) in [5, 5.41) is 2.86. The standard InChI is InChI=1S/C15H15BrN2O/c1-9-6-7-13(12(16)8-9)18-15(19)11-5-3-4-10(2)14(11)17/h3-8H,17H2,1-2H3,(H,18,19). The lowest BCUT2D eigenvalue weighted by Crippen LogP contribution is -2.15. The first kappa shape index (κ1) is 13.6. The van der Waals surface area contributed by atoms with Crippen molar-refractivity contribution in [1.82, 2.24) is 0 Å². The Bertz CT molecular complexity index is 638. The van der Waals surface area contributed by atoms with Crippen LogP contribution in [-0.4, -0.2) is 5.91 Å². The van der Waals surface area contributed by atoms with E-state index in [-0.39, 0.29) is 5.91 Å². The van der Waals surface area contributed by atoms with Gasteiger partial charge in [-0.1, -0.05) is 18.2 Å². The molecule has 0 atom stereocenters. The van der Waals surface area contributed by atoms with Crippen LogP contribution in [0.3, 0.4) is 0 Å². The van der Waals surface area contributed by atoms with Crippen molar-refractivity contribution in [2.75, 3.05) is 11.1 Å². The highest BCUT2D eigenvalue weighted by molar-refractivity contribution is 9.10. The summed E-state index contributed by atoms with van der Waals surface area (Å²) in [6.07, 6.45) is 0. The summed E-state index contributed by atoms with van der Waals surface area (Å²) in [4.78, 5) is 12.2. The highest BCUT2D eigenvalue weighted by Gasteiger charge is 2.12. The molecule has 0 aliphatic rings. The number of aryl methyl sites for hydroxylation is 2. The molecule has 19 heavy (non-hydrogen) atoms. The minimum Gasteiger partial charge on any atom is -0.398 e. The molecule has 0 fully saturated rings. The van der Waals surface area contributed by atoms with E-state index in [4.69, 9.17) is 5.73 Å². The zero-order chi connectivity index (χ0) is 14.0. The van der Waals surface area contributed by atoms with Crippen molar-refractivity contribution in [1.29, 1.82) is 0 Å². The largest absolute Gasteiger partial charge is 0.398 e. The third-order valence-electron chi connectivity index (χ3n) is 2.94. The molecule has 0 bridgehead atoms. The van der Waals surface area contributed by atoms with Gasteiger partial charge in [0.25, 0.3) is 5.91 Å². The van der Waals surface area contributed by atoms with Gasteiger partial charge in [0, 0.05) is 10.2 Å². The molecule has 0 spiro atoms. The minimum atomic E-state index is -0.203. The first-order valence-electron chi connectivity index (χ1n) is 5.91. The summed E-state index contributed by atoms with van der Waals surface area (Å²) in [5.41, 5.74) is 9.69. The highest BCUT2D eigenvalue weighted by Crippen LogP contribution is 2.25. The van der Waals surface area contributed by atoms with Gasteiger partial charge in [-0.3, -0.25) is 4.79 Å². The van der Waals surface area contributed by atoms with Crippen molar-refractivity contribution in [3.63, 3.8) is 0 Å². The van der Waals surface area contributed by atoms with Gasteiger partial charge >= 0.3 is 0 Å². The van der Waals surface area contributed by atoms with Gasteiger partial charge in [0.2, 0.25) is 0 Å². The number of anilines is 2. The second-order valence-electron chi connectivity index (χ2n) is 4.47. The summed E-state index contributed by atoms with van der Waals surface area (Å²) < 4.78 is 0.854. The number of carbonyl (C=O) groups is 1. The van der Waals surface area contributed by atoms with E-state index in [0.29, 0.717) is 11.3 Å². The predicted molar refractivity (Wildman–Crippen MR) is 82.4 cm³/mol. The van der Waals surface area contributed by atoms with E-state index < -0.39 is 0 Å². The zero-order valence-corrected chi connectivity index (χ0v) is 12.4. The number of para-hydroxylation sites is 1. The molecule has 0 aliphatic heterocycles. The molecule has 3 N–H and O–H groups in total. The second kappa shape index (κ2) is 5.45. The van der Waals surface area contributed by atoms with Gasteiger partial charge < -0.3 is 11.1 Å². The van der Waals surface area contributed by atoms with Crippen LogP contribution in [0.1, 0.15) is 21.5 Å². The van der Waals surface area contributed by atoms with Crippen molar-refractivity contribution in [2.24, 2.45) is 0 Å². The lowest BCUT2D eigenvalue weighted by molar-refractivity contribution is 0.102. The van der Waals surface area contributed by atoms with Crippen LogP contribution in [0.4, 0.5) is 11.4 Å². The van der Waals surface area contributed by atoms with Crippen LogP contribution in [0, 0.1) is 13.8 Å². The molecule has 0 aliphatic carbocycles. The van der Waals surface area contributed by atoms with Crippen LogP contribution in [0.2, 0.25) is 0 Å². The van der Waals surface area contributed by atoms with E-state index in [9.17, 15) is 4.79 Å². The third kappa shape index (κ3) is 2.96. The Labute approximate surface area is 121 Å². The fraction of sp³-hybridized carbons (Fsp3) is 0.133. The number of rotatable bonds is 2. The summed E-state index contributed by atoms with van der Waals surface area (Å²) >= 11 is 3.44. The van der Waals surface area contributed by atoms with E-state index >= 15 is 0 Å². The van der Waals surface area contributed by atoms with Crippen molar-refractivity contribution < 1.29 is 4.79 Å². The first-order chi connectivity index (χ1) is 8.99. The number of halogens is 1. The van der Waals surface area contributed by atoms with Crippen LogP contribution in [-0.2, 0) is 0 Å². The first-order valence-corrected chi connectivity index (χ1v) is 6.71. The maximum Gasteiger partial charge on any atom is 0.257 e. The molecule has 0 unspecified atom stereocenters. The quantitative estimate of drug-likeness (QED) is 0.825. The molecule has 1 amide bonds. The fourth-order valence-corrected chi connectivity index (χ4v) is 2.38. The maximum absolute atomic E-state index is 12.2. The Kier molecular flexibility index (Phi) is 3.90. The van der Waals surface area contributed by atoms with E-state index in [1.807, 2.05) is 44.2 Å². The van der Waals surface area contributed by atoms with Gasteiger partial charge in [0.05, 0.1) is 11.3 Å². The molecule has 0 heterocycles. The van der Waals surface area contributed by atoms with Crippen molar-refractivity contribution in [2.45, 2.75) is 13.8 Å². The summed E-state index contributed by atoms with van der Waals surface area (Å²) in [5.74, 6) is -0.203. The normalized spacial score (nSPS) is 10.3. The Morgan fingerprint density at radius 1 is 1.21 bits per heavy atom. The monoisotopic (exact) mass is 318 g/mol. The Balaban J connectivity index is 2.28. The molecule has 2 rings (SSSR count). The van der Waals surface area contributed by atoms with Gasteiger partial charge in [-0.25, -0.2) is 0 Å². The van der Waals surface area contributed by atoms with E-state index in [2.05, 4.69) is 21.2 Å². The average Bonchev–Trinajstić information content (AvgIpc) is 2.36. The minimum absolute atomic E-state index is 0.203. The van der Waals surface area contributed by atoms with Crippen LogP contribution in [0.25, 0.3) is 0 Å². The van der Waals surface area contributed by atoms with Gasteiger partial charge in [-0.05, 0) is 59.1 Å². The zero-order valence-electron chi connectivity index (χ0n) is 10.8. The number of benzene rings is 2. The lowest BCUT2D eigenvalue weighted by atomic mass is 10.1. The molecule has 0 radical (unpaired) electrons. The molecule has 0 saturated carbocycles. The number of nitrogens with two attached hydrogens (primary N) is 1. The van der Waals surface area contributed by atoms with E-state index in [0.717, 1.165) is 21.3 Å². The van der Waals surface area contributed by atoms with E-state index in [1.165, 1.54) is 0 Å². The van der Waals surface area contributed by atoms with E-state index in [1.54, 1.807) is 6.07 Å². The topological polar surface area (TPSA) is 55.1 Å². The van der Waals surface area contributed by atoms with Crippen molar-refractivity contribution in [3.8, 4) is 0 Å². The smallest absolute Gasteiger partial charge is 0.257 e. The van der Waals surface area contributed by atoms with Crippen molar-refractivity contribution in [3.05, 3.63) is 57.6 Å². The second-order valence-corrected chi connectivity index (χ2v) is 5.33. The van der Waals surface area contributed by atoms with Crippen molar-refractivity contribution >= 4 is 33.2 Å². The molecule has 98 valence electrons. The molecule has 0 saturated heterocycles. The van der Waals surface area contributed by atoms with Gasteiger partial charge in [0.1, 0.15) is 0 Å². The predicted octanol–water partition coefficient (Wildman–Crippen LogP) is 3.90. The Morgan fingerprint density at radius 2 is 1.95 bits per heavy atom. The lowest BCUT2D eigenvalue weighted by Gasteiger charge is -2.11. The summed E-state index contributed by atoms with van der Waals surface area (Å²) in [6.45, 7) is 3.88. The highest BCUT2D eigenvalue weighted by atomic mass is 79.9. The number of hydrogen-bond acceptors (Lipinski definition) is 2. The van der Waals surface area contributed by atoms with Crippen LogP contribution in [0.15, 0.2) is 40.9 Å². The third-order valence-corrected chi connectivity index (χ3v) is 3.60. The molecule has 2 aromatic carbocycles. The van der Waals surface area contributed by atoms with Crippen LogP contribution in [0.5, 0.6) is 0 Å².